The Morgan fingerprint density at radius 3 is 2.44 bits per heavy atom. The van der Waals surface area contributed by atoms with Gasteiger partial charge in [0.2, 0.25) is 0 Å². The van der Waals surface area contributed by atoms with Crippen LogP contribution in [0.5, 0.6) is 5.75 Å². The zero-order chi connectivity index (χ0) is 19.6. The quantitative estimate of drug-likeness (QED) is 0.604. The summed E-state index contributed by atoms with van der Waals surface area (Å²) in [6, 6.07) is 13.7. The summed E-state index contributed by atoms with van der Waals surface area (Å²) in [4.78, 5) is 14.8. The van der Waals surface area contributed by atoms with Crippen LogP contribution in [0.1, 0.15) is 51.7 Å². The fourth-order valence-corrected chi connectivity index (χ4v) is 3.10. The molecule has 0 unspecified atom stereocenters. The first-order valence-corrected chi connectivity index (χ1v) is 9.51. The molecule has 0 aromatic heterocycles. The van der Waals surface area contributed by atoms with Gasteiger partial charge in [-0.15, -0.1) is 0 Å². The van der Waals surface area contributed by atoms with Gasteiger partial charge in [-0.2, -0.15) is 0 Å². The van der Waals surface area contributed by atoms with E-state index >= 15 is 0 Å². The van der Waals surface area contributed by atoms with E-state index in [-0.39, 0.29) is 11.3 Å². The lowest BCUT2D eigenvalue weighted by atomic mass is 9.87. The molecule has 2 aromatic rings. The van der Waals surface area contributed by atoms with Crippen LogP contribution >= 0.6 is 0 Å². The van der Waals surface area contributed by atoms with Gasteiger partial charge < -0.3 is 15.4 Å². The molecule has 4 nitrogen and oxygen atoms in total. The lowest BCUT2D eigenvalue weighted by Gasteiger charge is -2.30. The van der Waals surface area contributed by atoms with Crippen LogP contribution in [0.3, 0.4) is 0 Å². The number of rotatable bonds is 4. The highest BCUT2D eigenvalue weighted by Crippen LogP contribution is 2.37. The Hall–Kier alpha value is -2.75. The molecule has 0 saturated carbocycles. The summed E-state index contributed by atoms with van der Waals surface area (Å²) >= 11 is 0. The van der Waals surface area contributed by atoms with E-state index in [1.54, 1.807) is 17.0 Å². The van der Waals surface area contributed by atoms with Crippen molar-refractivity contribution in [2.75, 3.05) is 17.2 Å². The van der Waals surface area contributed by atoms with Crippen molar-refractivity contribution in [3.63, 3.8) is 0 Å². The normalized spacial score (nSPS) is 15.6. The molecule has 3 rings (SSSR count). The minimum atomic E-state index is -0.124. The number of nitrogen functional groups attached to an aromatic ring is 1. The standard InChI is InChI=1S/C23H28N2O2/c1-5-6-13-25-19-15-18(24)11-12-20(19)27-21(22(25)26)14-16-7-9-17(10-8-16)23(2,3)4/h7-12,14-15H,5-6,13,24H2,1-4H3/b21-14+. The van der Waals surface area contributed by atoms with E-state index in [0.717, 1.165) is 24.1 Å². The highest BCUT2D eigenvalue weighted by Gasteiger charge is 2.30. The van der Waals surface area contributed by atoms with Crippen molar-refractivity contribution in [2.45, 2.75) is 46.0 Å². The number of anilines is 2. The number of carbonyl (C=O) groups is 1. The molecule has 0 atom stereocenters. The first-order valence-electron chi connectivity index (χ1n) is 9.51. The number of unbranched alkanes of at least 4 members (excludes halogenated alkanes) is 1. The molecule has 2 aromatic carbocycles. The number of fused-ring (bicyclic) bond motifs is 1. The van der Waals surface area contributed by atoms with E-state index in [9.17, 15) is 4.79 Å². The van der Waals surface area contributed by atoms with E-state index < -0.39 is 0 Å². The van der Waals surface area contributed by atoms with Gasteiger partial charge in [-0.1, -0.05) is 58.4 Å². The molecule has 0 aliphatic carbocycles. The molecular weight excluding hydrogens is 336 g/mol. The fraction of sp³-hybridized carbons (Fsp3) is 0.348. The minimum absolute atomic E-state index is 0.0959. The largest absolute Gasteiger partial charge is 0.449 e. The molecule has 1 amide bonds. The predicted molar refractivity (Wildman–Crippen MR) is 112 cm³/mol. The van der Waals surface area contributed by atoms with Gasteiger partial charge in [-0.25, -0.2) is 0 Å². The maximum Gasteiger partial charge on any atom is 0.294 e. The van der Waals surface area contributed by atoms with Crippen molar-refractivity contribution in [2.24, 2.45) is 0 Å². The molecule has 142 valence electrons. The predicted octanol–water partition coefficient (Wildman–Crippen LogP) is 5.13. The van der Waals surface area contributed by atoms with Gasteiger partial charge in [-0.3, -0.25) is 4.79 Å². The summed E-state index contributed by atoms with van der Waals surface area (Å²) in [6.07, 6.45) is 3.75. The van der Waals surface area contributed by atoms with E-state index in [4.69, 9.17) is 10.5 Å². The molecule has 2 N–H and O–H groups in total. The number of carbonyl (C=O) groups excluding carboxylic acids is 1. The second-order valence-electron chi connectivity index (χ2n) is 8.02. The number of amides is 1. The Morgan fingerprint density at radius 2 is 1.81 bits per heavy atom. The third-order valence-electron chi connectivity index (χ3n) is 4.76. The Morgan fingerprint density at radius 1 is 1.11 bits per heavy atom. The van der Waals surface area contributed by atoms with Crippen molar-refractivity contribution in [1.82, 2.24) is 0 Å². The van der Waals surface area contributed by atoms with Crippen LogP contribution in [0.4, 0.5) is 11.4 Å². The maximum absolute atomic E-state index is 13.0. The number of ether oxygens (including phenoxy) is 1. The van der Waals surface area contributed by atoms with Crippen molar-refractivity contribution in [1.29, 1.82) is 0 Å². The lowest BCUT2D eigenvalue weighted by molar-refractivity contribution is -0.117. The Kier molecular flexibility index (Phi) is 5.26. The number of nitrogens with two attached hydrogens (primary N) is 1. The Balaban J connectivity index is 1.95. The van der Waals surface area contributed by atoms with Crippen molar-refractivity contribution < 1.29 is 9.53 Å². The molecule has 4 heteroatoms. The number of hydrogen-bond donors (Lipinski definition) is 1. The van der Waals surface area contributed by atoms with Gasteiger partial charge in [0.1, 0.15) is 0 Å². The highest BCUT2D eigenvalue weighted by molar-refractivity contribution is 6.10. The average Bonchev–Trinajstić information content (AvgIpc) is 2.62. The van der Waals surface area contributed by atoms with Crippen molar-refractivity contribution in [3.05, 3.63) is 59.4 Å². The third-order valence-corrected chi connectivity index (χ3v) is 4.76. The van der Waals surface area contributed by atoms with Gasteiger partial charge >= 0.3 is 0 Å². The molecule has 0 fully saturated rings. The van der Waals surface area contributed by atoms with Crippen molar-refractivity contribution in [3.8, 4) is 5.75 Å². The third kappa shape index (κ3) is 4.16. The van der Waals surface area contributed by atoms with Crippen molar-refractivity contribution >= 4 is 23.4 Å². The Labute approximate surface area is 161 Å². The second-order valence-corrected chi connectivity index (χ2v) is 8.02. The average molecular weight is 364 g/mol. The summed E-state index contributed by atoms with van der Waals surface area (Å²) in [5.41, 5.74) is 9.58. The van der Waals surface area contributed by atoms with Crippen LogP contribution in [0.2, 0.25) is 0 Å². The molecule has 0 spiro atoms. The fourth-order valence-electron chi connectivity index (χ4n) is 3.10. The maximum atomic E-state index is 13.0. The number of benzene rings is 2. The summed E-state index contributed by atoms with van der Waals surface area (Å²) in [6.45, 7) is 9.31. The molecule has 27 heavy (non-hydrogen) atoms. The monoisotopic (exact) mass is 364 g/mol. The second kappa shape index (κ2) is 7.47. The van der Waals surface area contributed by atoms with Crippen LogP contribution in [0.25, 0.3) is 6.08 Å². The van der Waals surface area contributed by atoms with Crippen LogP contribution in [-0.2, 0) is 10.2 Å². The lowest BCUT2D eigenvalue weighted by Crippen LogP contribution is -2.38. The van der Waals surface area contributed by atoms with Crippen LogP contribution in [0.15, 0.2) is 48.2 Å². The zero-order valence-electron chi connectivity index (χ0n) is 16.6. The van der Waals surface area contributed by atoms with E-state index in [1.165, 1.54) is 5.56 Å². The number of nitrogens with zero attached hydrogens (tertiary/aromatic N) is 1. The topological polar surface area (TPSA) is 55.6 Å². The minimum Gasteiger partial charge on any atom is -0.449 e. The molecule has 0 saturated heterocycles. The summed E-state index contributed by atoms with van der Waals surface area (Å²) < 4.78 is 5.93. The zero-order valence-corrected chi connectivity index (χ0v) is 16.6. The Bertz CT molecular complexity index is 861. The summed E-state index contributed by atoms with van der Waals surface area (Å²) in [5, 5.41) is 0. The van der Waals surface area contributed by atoms with Crippen LogP contribution in [-0.4, -0.2) is 12.5 Å². The first-order chi connectivity index (χ1) is 12.8. The highest BCUT2D eigenvalue weighted by atomic mass is 16.5. The van der Waals surface area contributed by atoms with Gasteiger partial charge in [0.05, 0.1) is 5.69 Å². The van der Waals surface area contributed by atoms with Gasteiger partial charge in [-0.05, 0) is 47.2 Å². The molecule has 0 radical (unpaired) electrons. The van der Waals surface area contributed by atoms with Gasteiger partial charge in [0, 0.05) is 12.2 Å². The molecule has 1 heterocycles. The van der Waals surface area contributed by atoms with Crippen LogP contribution < -0.4 is 15.4 Å². The molecule has 1 aliphatic rings. The van der Waals surface area contributed by atoms with E-state index in [0.29, 0.717) is 23.7 Å². The summed E-state index contributed by atoms with van der Waals surface area (Å²) in [5.74, 6) is 0.880. The smallest absolute Gasteiger partial charge is 0.294 e. The molecule has 1 aliphatic heterocycles. The number of hydrogen-bond acceptors (Lipinski definition) is 3. The summed E-state index contributed by atoms with van der Waals surface area (Å²) in [7, 11) is 0. The first kappa shape index (κ1) is 19.0. The SMILES string of the molecule is CCCCN1C(=O)/C(=C\c2ccc(C(C)(C)C)cc2)Oc2ccc(N)cc21. The van der Waals surface area contributed by atoms with Gasteiger partial charge in [0.25, 0.3) is 5.91 Å². The van der Waals surface area contributed by atoms with E-state index in [2.05, 4.69) is 39.8 Å². The van der Waals surface area contributed by atoms with Gasteiger partial charge in [0.15, 0.2) is 11.5 Å². The molecule has 0 bridgehead atoms. The molecular formula is C23H28N2O2. The van der Waals surface area contributed by atoms with E-state index in [1.807, 2.05) is 24.3 Å². The van der Waals surface area contributed by atoms with Crippen LogP contribution in [0, 0.1) is 0 Å².